The summed E-state index contributed by atoms with van der Waals surface area (Å²) in [6.07, 6.45) is 0. The summed E-state index contributed by atoms with van der Waals surface area (Å²) in [7, 11) is 0. The van der Waals surface area contributed by atoms with Crippen molar-refractivity contribution in [3.05, 3.63) is 29.8 Å². The molecule has 4 nitrogen and oxygen atoms in total. The standard InChI is InChI=1S/C10H7NO3/c12-5-7-6-3-1-2-4-8(6)11-9(7)10(13)14/h1-4,9,11H,(H,13,14). The van der Waals surface area contributed by atoms with E-state index in [2.05, 4.69) is 5.32 Å². The van der Waals surface area contributed by atoms with Crippen molar-refractivity contribution in [3.8, 4) is 0 Å². The molecule has 0 aromatic heterocycles. The second kappa shape index (κ2) is 3.01. The third-order valence-corrected chi connectivity index (χ3v) is 2.16. The van der Waals surface area contributed by atoms with Crippen LogP contribution in [0.1, 0.15) is 5.56 Å². The predicted molar refractivity (Wildman–Crippen MR) is 50.6 cm³/mol. The topological polar surface area (TPSA) is 66.4 Å². The van der Waals surface area contributed by atoms with Gasteiger partial charge in [0.2, 0.25) is 0 Å². The SMILES string of the molecule is O=C=C1c2ccccc2NC1C(=O)O. The summed E-state index contributed by atoms with van der Waals surface area (Å²) in [6.45, 7) is 0. The monoisotopic (exact) mass is 189 g/mol. The van der Waals surface area contributed by atoms with E-state index >= 15 is 0 Å². The molecule has 1 aromatic rings. The Morgan fingerprint density at radius 3 is 2.79 bits per heavy atom. The van der Waals surface area contributed by atoms with Crippen molar-refractivity contribution >= 4 is 23.2 Å². The molecule has 1 aliphatic heterocycles. The molecule has 0 bridgehead atoms. The zero-order valence-corrected chi connectivity index (χ0v) is 7.15. The second-order valence-electron chi connectivity index (χ2n) is 2.98. The average Bonchev–Trinajstić information content (AvgIpc) is 2.56. The van der Waals surface area contributed by atoms with Gasteiger partial charge in [0.25, 0.3) is 0 Å². The molecule has 0 radical (unpaired) electrons. The minimum atomic E-state index is -1.07. The van der Waals surface area contributed by atoms with E-state index in [9.17, 15) is 9.59 Å². The Balaban J connectivity index is 2.55. The first-order chi connectivity index (χ1) is 6.74. The Hall–Kier alpha value is -2.06. The summed E-state index contributed by atoms with van der Waals surface area (Å²) in [5.74, 6) is 0.605. The lowest BCUT2D eigenvalue weighted by atomic mass is 10.0. The summed E-state index contributed by atoms with van der Waals surface area (Å²) >= 11 is 0. The van der Waals surface area contributed by atoms with E-state index in [0.29, 0.717) is 11.3 Å². The number of carbonyl (C=O) groups is 1. The number of hydrogen-bond acceptors (Lipinski definition) is 3. The van der Waals surface area contributed by atoms with Crippen molar-refractivity contribution in [2.75, 3.05) is 5.32 Å². The van der Waals surface area contributed by atoms with E-state index in [1.807, 2.05) is 0 Å². The molecule has 70 valence electrons. The van der Waals surface area contributed by atoms with Crippen LogP contribution in [0.25, 0.3) is 5.57 Å². The number of hydrogen-bond donors (Lipinski definition) is 2. The first-order valence-corrected chi connectivity index (χ1v) is 4.08. The Morgan fingerprint density at radius 1 is 1.43 bits per heavy atom. The van der Waals surface area contributed by atoms with Gasteiger partial charge in [-0.3, -0.25) is 0 Å². The highest BCUT2D eigenvalue weighted by molar-refractivity contribution is 6.09. The van der Waals surface area contributed by atoms with Gasteiger partial charge in [0.05, 0.1) is 5.57 Å². The lowest BCUT2D eigenvalue weighted by molar-refractivity contribution is -0.136. The van der Waals surface area contributed by atoms with Gasteiger partial charge < -0.3 is 10.4 Å². The normalized spacial score (nSPS) is 18.3. The molecule has 1 heterocycles. The average molecular weight is 189 g/mol. The number of benzene rings is 1. The largest absolute Gasteiger partial charge is 0.479 e. The van der Waals surface area contributed by atoms with Crippen LogP contribution in [0.2, 0.25) is 0 Å². The highest BCUT2D eigenvalue weighted by Crippen LogP contribution is 2.32. The molecule has 2 rings (SSSR count). The van der Waals surface area contributed by atoms with Crippen LogP contribution in [0.4, 0.5) is 5.69 Å². The van der Waals surface area contributed by atoms with Crippen LogP contribution in [0.5, 0.6) is 0 Å². The molecule has 0 fully saturated rings. The first kappa shape index (κ1) is 8.53. The van der Waals surface area contributed by atoms with Crippen molar-refractivity contribution in [3.63, 3.8) is 0 Å². The minimum Gasteiger partial charge on any atom is -0.479 e. The zero-order chi connectivity index (χ0) is 10.1. The van der Waals surface area contributed by atoms with Crippen molar-refractivity contribution in [1.82, 2.24) is 0 Å². The van der Waals surface area contributed by atoms with E-state index in [1.165, 1.54) is 0 Å². The fourth-order valence-corrected chi connectivity index (χ4v) is 1.53. The van der Waals surface area contributed by atoms with Gasteiger partial charge in [-0.15, -0.1) is 0 Å². The van der Waals surface area contributed by atoms with E-state index in [-0.39, 0.29) is 5.57 Å². The maximum atomic E-state index is 10.8. The molecule has 0 saturated carbocycles. The molecule has 0 amide bonds. The van der Waals surface area contributed by atoms with Gasteiger partial charge >= 0.3 is 5.97 Å². The van der Waals surface area contributed by atoms with Gasteiger partial charge in [-0.1, -0.05) is 18.2 Å². The third-order valence-electron chi connectivity index (χ3n) is 2.16. The molecule has 1 aliphatic rings. The molecule has 1 unspecified atom stereocenters. The Bertz CT molecular complexity index is 446. The van der Waals surface area contributed by atoms with E-state index in [0.717, 1.165) is 0 Å². The molecule has 14 heavy (non-hydrogen) atoms. The lowest BCUT2D eigenvalue weighted by Gasteiger charge is -2.03. The minimum absolute atomic E-state index is 0.160. The number of aliphatic carboxylic acids is 1. The van der Waals surface area contributed by atoms with Crippen molar-refractivity contribution in [1.29, 1.82) is 0 Å². The maximum Gasteiger partial charge on any atom is 0.331 e. The van der Waals surface area contributed by atoms with Gasteiger partial charge in [-0.25, -0.2) is 9.59 Å². The van der Waals surface area contributed by atoms with Crippen molar-refractivity contribution in [2.45, 2.75) is 6.04 Å². The molecular formula is C10H7NO3. The molecule has 0 aliphatic carbocycles. The van der Waals surface area contributed by atoms with Crippen LogP contribution in [0.15, 0.2) is 24.3 Å². The summed E-state index contributed by atoms with van der Waals surface area (Å²) in [5.41, 5.74) is 1.45. The van der Waals surface area contributed by atoms with Crippen LogP contribution in [0.3, 0.4) is 0 Å². The van der Waals surface area contributed by atoms with Gasteiger partial charge in [0, 0.05) is 11.3 Å². The summed E-state index contributed by atoms with van der Waals surface area (Å²) in [5, 5.41) is 11.6. The number of para-hydroxylation sites is 1. The quantitative estimate of drug-likeness (QED) is 0.640. The Kier molecular flexibility index (Phi) is 1.84. The number of anilines is 1. The number of nitrogens with one attached hydrogen (secondary N) is 1. The van der Waals surface area contributed by atoms with Crippen molar-refractivity contribution < 1.29 is 14.7 Å². The second-order valence-corrected chi connectivity index (χ2v) is 2.98. The zero-order valence-electron chi connectivity index (χ0n) is 7.15. The summed E-state index contributed by atoms with van der Waals surface area (Å²) in [6, 6.07) is 5.99. The number of carboxylic acids is 1. The highest BCUT2D eigenvalue weighted by atomic mass is 16.4. The molecule has 0 spiro atoms. The first-order valence-electron chi connectivity index (χ1n) is 4.08. The van der Waals surface area contributed by atoms with Crippen LogP contribution in [-0.4, -0.2) is 23.1 Å². The van der Waals surface area contributed by atoms with Crippen LogP contribution < -0.4 is 5.32 Å². The number of fused-ring (bicyclic) bond motifs is 1. The molecule has 1 atom stereocenters. The molecular weight excluding hydrogens is 182 g/mol. The van der Waals surface area contributed by atoms with Crippen molar-refractivity contribution in [2.24, 2.45) is 0 Å². The van der Waals surface area contributed by atoms with Crippen LogP contribution >= 0.6 is 0 Å². The molecule has 4 heteroatoms. The highest BCUT2D eigenvalue weighted by Gasteiger charge is 2.32. The third kappa shape index (κ3) is 1.09. The fourth-order valence-electron chi connectivity index (χ4n) is 1.53. The molecule has 1 aromatic carbocycles. The van der Waals surface area contributed by atoms with Gasteiger partial charge in [-0.05, 0) is 6.07 Å². The molecule has 0 saturated heterocycles. The van der Waals surface area contributed by atoms with E-state index in [4.69, 9.17) is 5.11 Å². The smallest absolute Gasteiger partial charge is 0.331 e. The summed E-state index contributed by atoms with van der Waals surface area (Å²) < 4.78 is 0. The summed E-state index contributed by atoms with van der Waals surface area (Å²) in [4.78, 5) is 21.4. The van der Waals surface area contributed by atoms with Crippen LogP contribution in [0, 0.1) is 0 Å². The van der Waals surface area contributed by atoms with Gasteiger partial charge in [-0.2, -0.15) is 0 Å². The fraction of sp³-hybridized carbons (Fsp3) is 0.100. The molecule has 2 N–H and O–H groups in total. The maximum absolute atomic E-state index is 10.8. The van der Waals surface area contributed by atoms with Gasteiger partial charge in [0.1, 0.15) is 5.94 Å². The lowest BCUT2D eigenvalue weighted by Crippen LogP contribution is -2.25. The Labute approximate surface area is 79.9 Å². The number of carbonyl (C=O) groups excluding carboxylic acids is 1. The number of carboxylic acid groups (broad SMARTS) is 1. The van der Waals surface area contributed by atoms with E-state index < -0.39 is 12.0 Å². The Morgan fingerprint density at radius 2 is 2.14 bits per heavy atom. The number of rotatable bonds is 1. The van der Waals surface area contributed by atoms with Crippen LogP contribution in [-0.2, 0) is 9.59 Å². The van der Waals surface area contributed by atoms with Gasteiger partial charge in [0.15, 0.2) is 6.04 Å². The van der Waals surface area contributed by atoms with E-state index in [1.54, 1.807) is 30.2 Å². The predicted octanol–water partition coefficient (Wildman–Crippen LogP) is 0.780.